The second-order valence-electron chi connectivity index (χ2n) is 8.84. The highest BCUT2D eigenvalue weighted by molar-refractivity contribution is 5.83. The van der Waals surface area contributed by atoms with Gasteiger partial charge >= 0.3 is 0 Å². The van der Waals surface area contributed by atoms with E-state index in [9.17, 15) is 4.79 Å². The van der Waals surface area contributed by atoms with Gasteiger partial charge in [-0.3, -0.25) is 14.7 Å². The molecule has 0 saturated carbocycles. The highest BCUT2D eigenvalue weighted by Crippen LogP contribution is 2.36. The average Bonchev–Trinajstić information content (AvgIpc) is 3.22. The summed E-state index contributed by atoms with van der Waals surface area (Å²) in [6, 6.07) is 16.2. The van der Waals surface area contributed by atoms with Crippen LogP contribution in [0.3, 0.4) is 0 Å². The summed E-state index contributed by atoms with van der Waals surface area (Å²) in [6.45, 7) is 4.45. The largest absolute Gasteiger partial charge is 0.361 e. The summed E-state index contributed by atoms with van der Waals surface area (Å²) in [4.78, 5) is 21.9. The Labute approximate surface area is 183 Å². The number of aryl methyl sites for hydroxylation is 1. The van der Waals surface area contributed by atoms with Crippen LogP contribution in [-0.2, 0) is 17.8 Å². The molecule has 1 atom stereocenters. The van der Waals surface area contributed by atoms with Crippen molar-refractivity contribution >= 4 is 5.91 Å². The third-order valence-electron chi connectivity index (χ3n) is 6.05. The fourth-order valence-electron chi connectivity index (χ4n) is 4.54. The Balaban J connectivity index is 1.56. The van der Waals surface area contributed by atoms with Gasteiger partial charge in [-0.1, -0.05) is 41.1 Å². The van der Waals surface area contributed by atoms with Gasteiger partial charge in [0.05, 0.1) is 11.1 Å². The highest BCUT2D eigenvalue weighted by Gasteiger charge is 2.44. The van der Waals surface area contributed by atoms with E-state index in [0.29, 0.717) is 13.0 Å². The summed E-state index contributed by atoms with van der Waals surface area (Å²) in [5.41, 5.74) is 3.54. The van der Waals surface area contributed by atoms with Gasteiger partial charge in [0.2, 0.25) is 5.91 Å². The standard InChI is InChI=1S/C25H30N4O2/c1-19-8-10-20(11-9-19)23-15-22(31-27-23)16-25(24(30)28(2)3)12-6-14-29(18-25)17-21-7-4-5-13-26-21/h4-5,7-11,13,15H,6,12,14,16-18H2,1-3H3/t25-/m0/s1. The molecular weight excluding hydrogens is 388 g/mol. The number of hydrogen-bond acceptors (Lipinski definition) is 5. The molecule has 1 saturated heterocycles. The summed E-state index contributed by atoms with van der Waals surface area (Å²) in [5.74, 6) is 0.900. The van der Waals surface area contributed by atoms with Gasteiger partial charge in [0.1, 0.15) is 11.5 Å². The lowest BCUT2D eigenvalue weighted by Crippen LogP contribution is -2.52. The number of aromatic nitrogens is 2. The first-order valence-electron chi connectivity index (χ1n) is 10.8. The Bertz CT molecular complexity index is 1010. The van der Waals surface area contributed by atoms with Gasteiger partial charge in [-0.2, -0.15) is 0 Å². The van der Waals surface area contributed by atoms with Gasteiger partial charge in [0.15, 0.2) is 0 Å². The van der Waals surface area contributed by atoms with E-state index in [4.69, 9.17) is 4.52 Å². The number of hydrogen-bond donors (Lipinski definition) is 0. The number of pyridine rings is 1. The zero-order chi connectivity index (χ0) is 21.8. The van der Waals surface area contributed by atoms with Crippen molar-refractivity contribution in [3.05, 3.63) is 71.7 Å². The number of carbonyl (C=O) groups excluding carboxylic acids is 1. The summed E-state index contributed by atoms with van der Waals surface area (Å²) >= 11 is 0. The summed E-state index contributed by atoms with van der Waals surface area (Å²) < 4.78 is 5.71. The molecule has 2 aromatic heterocycles. The monoisotopic (exact) mass is 418 g/mol. The molecular formula is C25H30N4O2. The molecule has 1 aromatic carbocycles. The molecule has 1 amide bonds. The van der Waals surface area contributed by atoms with Gasteiger partial charge in [-0.25, -0.2) is 0 Å². The zero-order valence-corrected chi connectivity index (χ0v) is 18.5. The Morgan fingerprint density at radius 2 is 2.00 bits per heavy atom. The lowest BCUT2D eigenvalue weighted by Gasteiger charge is -2.42. The van der Waals surface area contributed by atoms with Crippen molar-refractivity contribution < 1.29 is 9.32 Å². The minimum Gasteiger partial charge on any atom is -0.361 e. The van der Waals surface area contributed by atoms with Crippen molar-refractivity contribution in [1.29, 1.82) is 0 Å². The Kier molecular flexibility index (Phi) is 6.18. The zero-order valence-electron chi connectivity index (χ0n) is 18.5. The molecule has 0 unspecified atom stereocenters. The van der Waals surface area contributed by atoms with Gasteiger partial charge in [-0.05, 0) is 38.4 Å². The van der Waals surface area contributed by atoms with Crippen LogP contribution in [0.1, 0.15) is 29.9 Å². The minimum absolute atomic E-state index is 0.145. The third-order valence-corrected chi connectivity index (χ3v) is 6.05. The van der Waals surface area contributed by atoms with Crippen molar-refractivity contribution in [2.24, 2.45) is 5.41 Å². The van der Waals surface area contributed by atoms with Gasteiger partial charge in [0, 0.05) is 51.4 Å². The molecule has 31 heavy (non-hydrogen) atoms. The van der Waals surface area contributed by atoms with Crippen LogP contribution in [0, 0.1) is 12.3 Å². The first-order chi connectivity index (χ1) is 14.9. The maximum atomic E-state index is 13.4. The molecule has 0 bridgehead atoms. The van der Waals surface area contributed by atoms with E-state index >= 15 is 0 Å². The Morgan fingerprint density at radius 3 is 2.71 bits per heavy atom. The maximum Gasteiger partial charge on any atom is 0.230 e. The lowest BCUT2D eigenvalue weighted by atomic mass is 9.75. The first-order valence-corrected chi connectivity index (χ1v) is 10.8. The van der Waals surface area contributed by atoms with Crippen LogP contribution in [0.4, 0.5) is 0 Å². The van der Waals surface area contributed by atoms with Gasteiger partial charge in [0.25, 0.3) is 0 Å². The van der Waals surface area contributed by atoms with Crippen molar-refractivity contribution in [2.45, 2.75) is 32.7 Å². The maximum absolute atomic E-state index is 13.4. The van der Waals surface area contributed by atoms with Crippen molar-refractivity contribution in [2.75, 3.05) is 27.2 Å². The second-order valence-corrected chi connectivity index (χ2v) is 8.84. The number of amides is 1. The quantitative estimate of drug-likeness (QED) is 0.606. The summed E-state index contributed by atoms with van der Waals surface area (Å²) in [7, 11) is 3.67. The lowest BCUT2D eigenvalue weighted by molar-refractivity contribution is -0.143. The molecule has 0 radical (unpaired) electrons. The van der Waals surface area contributed by atoms with Crippen LogP contribution < -0.4 is 0 Å². The van der Waals surface area contributed by atoms with Crippen molar-refractivity contribution in [1.82, 2.24) is 19.9 Å². The van der Waals surface area contributed by atoms with Crippen LogP contribution in [0.5, 0.6) is 0 Å². The van der Waals surface area contributed by atoms with Gasteiger partial charge in [-0.15, -0.1) is 0 Å². The predicted molar refractivity (Wildman–Crippen MR) is 120 cm³/mol. The molecule has 0 N–H and O–H groups in total. The number of likely N-dealkylation sites (tertiary alicyclic amines) is 1. The number of nitrogens with zero attached hydrogens (tertiary/aromatic N) is 4. The Hall–Kier alpha value is -2.99. The van der Waals surface area contributed by atoms with Gasteiger partial charge < -0.3 is 9.42 Å². The van der Waals surface area contributed by atoms with Crippen LogP contribution in [0.25, 0.3) is 11.3 Å². The van der Waals surface area contributed by atoms with E-state index in [1.807, 2.05) is 56.7 Å². The number of carbonyl (C=O) groups is 1. The molecule has 1 aliphatic heterocycles. The minimum atomic E-state index is -0.527. The average molecular weight is 419 g/mol. The van der Waals surface area contributed by atoms with Crippen LogP contribution in [0.2, 0.25) is 0 Å². The van der Waals surface area contributed by atoms with E-state index < -0.39 is 5.41 Å². The molecule has 0 spiro atoms. The molecule has 162 valence electrons. The number of rotatable bonds is 6. The highest BCUT2D eigenvalue weighted by atomic mass is 16.5. The topological polar surface area (TPSA) is 62.5 Å². The SMILES string of the molecule is Cc1ccc(-c2cc(C[C@@]3(C(=O)N(C)C)CCCN(Cc4ccccn4)C3)on2)cc1. The van der Waals surface area contributed by atoms with E-state index in [2.05, 4.69) is 34.1 Å². The second kappa shape index (κ2) is 9.02. The van der Waals surface area contributed by atoms with Crippen LogP contribution in [0.15, 0.2) is 59.3 Å². The molecule has 6 heteroatoms. The molecule has 0 aliphatic carbocycles. The first kappa shape index (κ1) is 21.2. The smallest absolute Gasteiger partial charge is 0.230 e. The summed E-state index contributed by atoms with van der Waals surface area (Å²) in [5, 5.41) is 4.28. The number of benzene rings is 1. The third kappa shape index (κ3) is 4.85. The van der Waals surface area contributed by atoms with Crippen LogP contribution >= 0.6 is 0 Å². The van der Waals surface area contributed by atoms with Crippen molar-refractivity contribution in [3.63, 3.8) is 0 Å². The molecule has 4 rings (SSSR count). The fraction of sp³-hybridized carbons (Fsp3) is 0.400. The predicted octanol–water partition coefficient (Wildman–Crippen LogP) is 3.96. The molecule has 1 fully saturated rings. The summed E-state index contributed by atoms with van der Waals surface area (Å²) in [6.07, 6.45) is 4.16. The van der Waals surface area contributed by atoms with E-state index in [1.54, 1.807) is 4.90 Å². The normalized spacial score (nSPS) is 19.3. The molecule has 3 aromatic rings. The Morgan fingerprint density at radius 1 is 1.19 bits per heavy atom. The molecule has 1 aliphatic rings. The number of piperidine rings is 1. The molecule has 6 nitrogen and oxygen atoms in total. The fourth-order valence-corrected chi connectivity index (χ4v) is 4.54. The van der Waals surface area contributed by atoms with Crippen LogP contribution in [-0.4, -0.2) is 53.0 Å². The molecule has 3 heterocycles. The van der Waals surface area contributed by atoms with E-state index in [1.165, 1.54) is 5.56 Å². The van der Waals surface area contributed by atoms with E-state index in [-0.39, 0.29) is 5.91 Å². The van der Waals surface area contributed by atoms with E-state index in [0.717, 1.165) is 48.6 Å². The van der Waals surface area contributed by atoms with Crippen molar-refractivity contribution in [3.8, 4) is 11.3 Å².